The fraction of sp³-hybridized carbons (Fsp3) is 0.130. The molecule has 2 aliphatic rings. The molecule has 5 heterocycles. The number of hydrogen-bond donors (Lipinski definition) is 2. The fourth-order valence-corrected chi connectivity index (χ4v) is 3.68. The molecule has 0 saturated carbocycles. The van der Waals surface area contributed by atoms with Crippen molar-refractivity contribution in [3.8, 4) is 0 Å². The summed E-state index contributed by atoms with van der Waals surface area (Å²) >= 11 is 5.92. The van der Waals surface area contributed by atoms with Gasteiger partial charge in [0.05, 0.1) is 22.8 Å². The van der Waals surface area contributed by atoms with E-state index in [0.717, 1.165) is 57.7 Å². The highest BCUT2D eigenvalue weighted by molar-refractivity contribution is 6.17. The smallest absolute Gasteiger partial charge is 0.0659 e. The highest BCUT2D eigenvalue weighted by Gasteiger charge is 2.05. The third-order valence-electron chi connectivity index (χ3n) is 4.83. The molecular weight excluding hydrogens is 368 g/mol. The normalized spacial score (nSPS) is 12.6. The Hall–Kier alpha value is -3.11. The predicted molar refractivity (Wildman–Crippen MR) is 118 cm³/mol. The molecule has 28 heavy (non-hydrogen) atoms. The van der Waals surface area contributed by atoms with Gasteiger partial charge in [0.25, 0.3) is 0 Å². The van der Waals surface area contributed by atoms with E-state index >= 15 is 0 Å². The van der Waals surface area contributed by atoms with Gasteiger partial charge in [-0.3, -0.25) is 0 Å². The molecule has 0 saturated heterocycles. The minimum Gasteiger partial charge on any atom is -0.355 e. The average Bonchev–Trinajstić information content (AvgIpc) is 3.45. The minimum atomic E-state index is 0.654. The van der Waals surface area contributed by atoms with Crippen molar-refractivity contribution in [2.45, 2.75) is 12.8 Å². The summed E-state index contributed by atoms with van der Waals surface area (Å²) in [5.74, 6) is 0.654. The second-order valence-corrected chi connectivity index (χ2v) is 7.37. The maximum absolute atomic E-state index is 5.92. The van der Waals surface area contributed by atoms with E-state index in [2.05, 4.69) is 45.3 Å². The highest BCUT2D eigenvalue weighted by atomic mass is 35.5. The number of aryl methyl sites for hydroxylation is 1. The van der Waals surface area contributed by atoms with Gasteiger partial charge in [0, 0.05) is 27.9 Å². The highest BCUT2D eigenvalue weighted by Crippen LogP contribution is 2.20. The molecule has 5 heteroatoms. The van der Waals surface area contributed by atoms with Crippen LogP contribution in [0.3, 0.4) is 0 Å². The van der Waals surface area contributed by atoms with Gasteiger partial charge in [0.15, 0.2) is 0 Å². The van der Waals surface area contributed by atoms with Crippen LogP contribution < -0.4 is 0 Å². The summed E-state index contributed by atoms with van der Waals surface area (Å²) < 4.78 is 0. The van der Waals surface area contributed by atoms with E-state index in [-0.39, 0.29) is 0 Å². The zero-order chi connectivity index (χ0) is 18.9. The van der Waals surface area contributed by atoms with Gasteiger partial charge < -0.3 is 9.97 Å². The van der Waals surface area contributed by atoms with E-state index in [1.165, 1.54) is 5.56 Å². The van der Waals surface area contributed by atoms with Crippen LogP contribution in [-0.2, 0) is 6.42 Å². The Kier molecular flexibility index (Phi) is 4.34. The molecule has 8 bridgehead atoms. The van der Waals surface area contributed by atoms with E-state index in [9.17, 15) is 0 Å². The molecule has 0 aromatic carbocycles. The van der Waals surface area contributed by atoms with Crippen LogP contribution in [0, 0.1) is 0 Å². The second kappa shape index (κ2) is 7.13. The molecule has 3 aromatic rings. The molecular formula is C23H19ClN4. The van der Waals surface area contributed by atoms with Crippen molar-refractivity contribution in [3.63, 3.8) is 0 Å². The Balaban J connectivity index is 1.79. The molecule has 0 fully saturated rings. The summed E-state index contributed by atoms with van der Waals surface area (Å²) in [6.07, 6.45) is 9.96. The monoisotopic (exact) mass is 386 g/mol. The molecule has 0 spiro atoms. The Morgan fingerprint density at radius 2 is 1.32 bits per heavy atom. The van der Waals surface area contributed by atoms with Crippen LogP contribution in [0.1, 0.15) is 34.8 Å². The number of H-pyrrole nitrogens is 2. The van der Waals surface area contributed by atoms with Crippen LogP contribution in [0.4, 0.5) is 0 Å². The standard InChI is InChI=1S/C23H19ClN4/c24-9-1-2-15-10-22-13-20-6-5-18(26-20)11-16-3-4-17(25-16)12-19-7-8-21(27-19)14-23(15)28-22/h3-8,10-14,26,28H,1-2,9H2. The maximum atomic E-state index is 5.92. The van der Waals surface area contributed by atoms with E-state index < -0.39 is 0 Å². The molecule has 0 radical (unpaired) electrons. The first kappa shape index (κ1) is 17.0. The van der Waals surface area contributed by atoms with Crippen LogP contribution in [0.15, 0.2) is 42.5 Å². The van der Waals surface area contributed by atoms with Gasteiger partial charge in [0.2, 0.25) is 0 Å². The van der Waals surface area contributed by atoms with Gasteiger partial charge in [0.1, 0.15) is 0 Å². The number of aromatic amines is 2. The molecule has 3 aromatic heterocycles. The molecule has 138 valence electrons. The lowest BCUT2D eigenvalue weighted by molar-refractivity contribution is 0.938. The van der Waals surface area contributed by atoms with Crippen molar-refractivity contribution >= 4 is 58.0 Å². The maximum Gasteiger partial charge on any atom is 0.0659 e. The topological polar surface area (TPSA) is 57.4 Å². The Bertz CT molecular complexity index is 1260. The predicted octanol–water partition coefficient (Wildman–Crippen LogP) is 5.83. The average molecular weight is 387 g/mol. The molecule has 0 atom stereocenters. The number of nitrogens with zero attached hydrogens (tertiary/aromatic N) is 2. The lowest BCUT2D eigenvalue weighted by atomic mass is 10.1. The van der Waals surface area contributed by atoms with E-state index in [4.69, 9.17) is 16.6 Å². The molecule has 0 aliphatic carbocycles. The van der Waals surface area contributed by atoms with Crippen molar-refractivity contribution in [2.24, 2.45) is 0 Å². The number of rotatable bonds is 3. The summed E-state index contributed by atoms with van der Waals surface area (Å²) in [7, 11) is 0. The summed E-state index contributed by atoms with van der Waals surface area (Å²) in [5, 5.41) is 0. The first-order chi connectivity index (χ1) is 13.7. The van der Waals surface area contributed by atoms with Crippen LogP contribution in [0.5, 0.6) is 0 Å². The largest absolute Gasteiger partial charge is 0.355 e. The molecule has 2 N–H and O–H groups in total. The third-order valence-corrected chi connectivity index (χ3v) is 5.10. The zero-order valence-electron chi connectivity index (χ0n) is 15.2. The Morgan fingerprint density at radius 3 is 2.04 bits per heavy atom. The number of alkyl halides is 1. The van der Waals surface area contributed by atoms with Crippen LogP contribution in [0.2, 0.25) is 0 Å². The van der Waals surface area contributed by atoms with Gasteiger partial charge in [-0.2, -0.15) is 0 Å². The lowest BCUT2D eigenvalue weighted by Crippen LogP contribution is -1.84. The Morgan fingerprint density at radius 1 is 0.679 bits per heavy atom. The molecule has 4 nitrogen and oxygen atoms in total. The molecule has 0 unspecified atom stereocenters. The van der Waals surface area contributed by atoms with Crippen molar-refractivity contribution < 1.29 is 0 Å². The van der Waals surface area contributed by atoms with E-state index in [0.29, 0.717) is 5.88 Å². The van der Waals surface area contributed by atoms with E-state index in [1.54, 1.807) is 0 Å². The zero-order valence-corrected chi connectivity index (χ0v) is 16.0. The van der Waals surface area contributed by atoms with Crippen LogP contribution >= 0.6 is 11.6 Å². The first-order valence-corrected chi connectivity index (χ1v) is 9.92. The number of hydrogen-bond acceptors (Lipinski definition) is 2. The minimum absolute atomic E-state index is 0.654. The van der Waals surface area contributed by atoms with Crippen LogP contribution in [0.25, 0.3) is 46.4 Å². The number of aromatic nitrogens is 4. The number of halogens is 1. The van der Waals surface area contributed by atoms with Crippen molar-refractivity contribution in [1.29, 1.82) is 0 Å². The number of nitrogens with one attached hydrogen (secondary N) is 2. The first-order valence-electron chi connectivity index (χ1n) is 9.38. The van der Waals surface area contributed by atoms with Gasteiger partial charge in [-0.25, -0.2) is 9.97 Å². The van der Waals surface area contributed by atoms with Gasteiger partial charge in [-0.15, -0.1) is 11.6 Å². The summed E-state index contributed by atoms with van der Waals surface area (Å²) in [5.41, 5.74) is 9.14. The SMILES string of the molecule is ClCCCc1cc2cc3ccc(cc4nc(cc5nc(cc1[nH]2)C=C5)C=C4)[nH]3. The van der Waals surface area contributed by atoms with Gasteiger partial charge in [-0.1, -0.05) is 0 Å². The van der Waals surface area contributed by atoms with Gasteiger partial charge in [-0.05, 0) is 85.2 Å². The molecule has 0 amide bonds. The summed E-state index contributed by atoms with van der Waals surface area (Å²) in [6.45, 7) is 0. The van der Waals surface area contributed by atoms with Crippen molar-refractivity contribution in [2.75, 3.05) is 5.88 Å². The molecule has 5 rings (SSSR count). The Labute approximate surface area is 167 Å². The number of fused-ring (bicyclic) bond motifs is 8. The third kappa shape index (κ3) is 3.51. The summed E-state index contributed by atoms with van der Waals surface area (Å²) in [4.78, 5) is 16.3. The quantitative estimate of drug-likeness (QED) is 0.383. The van der Waals surface area contributed by atoms with Crippen LogP contribution in [-0.4, -0.2) is 25.8 Å². The van der Waals surface area contributed by atoms with Crippen molar-refractivity contribution in [3.05, 3.63) is 70.8 Å². The molecule has 2 aliphatic heterocycles. The fourth-order valence-electron chi connectivity index (χ4n) is 3.54. The summed E-state index contributed by atoms with van der Waals surface area (Å²) in [6, 6.07) is 14.6. The van der Waals surface area contributed by atoms with Gasteiger partial charge >= 0.3 is 0 Å². The lowest BCUT2D eigenvalue weighted by Gasteiger charge is -1.94. The second-order valence-electron chi connectivity index (χ2n) is 6.99. The van der Waals surface area contributed by atoms with E-state index in [1.807, 2.05) is 36.4 Å². The van der Waals surface area contributed by atoms with Crippen molar-refractivity contribution in [1.82, 2.24) is 19.9 Å².